The molecule has 0 aromatic heterocycles. The Hall–Kier alpha value is -1.57. The van der Waals surface area contributed by atoms with Gasteiger partial charge < -0.3 is 4.90 Å². The quantitative estimate of drug-likeness (QED) is 0.683. The number of sulfonamides is 1. The maximum absolute atomic E-state index is 12.5. The van der Waals surface area contributed by atoms with Gasteiger partial charge in [0.05, 0.1) is 11.9 Å². The molecule has 0 heterocycles. The van der Waals surface area contributed by atoms with Crippen LogP contribution in [-0.2, 0) is 21.4 Å². The highest BCUT2D eigenvalue weighted by molar-refractivity contribution is 9.10. The predicted molar refractivity (Wildman–Crippen MR) is 104 cm³/mol. The van der Waals surface area contributed by atoms with Gasteiger partial charge in [-0.15, -0.1) is 0 Å². The van der Waals surface area contributed by atoms with Gasteiger partial charge in [-0.1, -0.05) is 35.9 Å². The van der Waals surface area contributed by atoms with Crippen molar-refractivity contribution >= 4 is 49.1 Å². The summed E-state index contributed by atoms with van der Waals surface area (Å²) < 4.78 is 26.0. The summed E-state index contributed by atoms with van der Waals surface area (Å²) in [5.41, 5.74) is 1.34. The van der Waals surface area contributed by atoms with Gasteiger partial charge in [-0.05, 0) is 45.8 Å². The summed E-state index contributed by atoms with van der Waals surface area (Å²) >= 11 is 9.19. The lowest BCUT2D eigenvalue weighted by Crippen LogP contribution is -2.41. The molecule has 0 unspecified atom stereocenters. The smallest absolute Gasteiger partial charge is 0.243 e. The lowest BCUT2D eigenvalue weighted by atomic mass is 10.2. The van der Waals surface area contributed by atoms with Crippen LogP contribution in [0.5, 0.6) is 0 Å². The second-order valence-electron chi connectivity index (χ2n) is 5.60. The van der Waals surface area contributed by atoms with Gasteiger partial charge in [0.1, 0.15) is 6.54 Å². The van der Waals surface area contributed by atoms with Gasteiger partial charge in [0.25, 0.3) is 0 Å². The first-order valence-electron chi connectivity index (χ1n) is 7.39. The highest BCUT2D eigenvalue weighted by Crippen LogP contribution is 2.27. The SMILES string of the molecule is CN(Cc1ccc(Cl)cc1)C(=O)CN(c1ccccc1Br)S(C)(=O)=O. The number of anilines is 1. The van der Waals surface area contributed by atoms with Gasteiger partial charge in [0.15, 0.2) is 0 Å². The molecule has 0 radical (unpaired) electrons. The van der Waals surface area contributed by atoms with Crippen LogP contribution >= 0.6 is 27.5 Å². The van der Waals surface area contributed by atoms with Crippen LogP contribution in [0, 0.1) is 0 Å². The molecule has 134 valence electrons. The Bertz CT molecular complexity index is 856. The third-order valence-corrected chi connectivity index (χ3v) is 5.61. The van der Waals surface area contributed by atoms with Crippen LogP contribution in [0.15, 0.2) is 53.0 Å². The average molecular weight is 446 g/mol. The maximum atomic E-state index is 12.5. The van der Waals surface area contributed by atoms with Crippen molar-refractivity contribution in [1.29, 1.82) is 0 Å². The van der Waals surface area contributed by atoms with Gasteiger partial charge >= 0.3 is 0 Å². The highest BCUT2D eigenvalue weighted by Gasteiger charge is 2.24. The van der Waals surface area contributed by atoms with Crippen LogP contribution in [0.3, 0.4) is 0 Å². The van der Waals surface area contributed by atoms with Crippen molar-refractivity contribution in [2.24, 2.45) is 0 Å². The molecule has 0 aliphatic carbocycles. The Kier molecular flexibility index (Phi) is 6.48. The van der Waals surface area contributed by atoms with Crippen LogP contribution in [0.25, 0.3) is 0 Å². The van der Waals surface area contributed by atoms with Crippen LogP contribution < -0.4 is 4.31 Å². The van der Waals surface area contributed by atoms with E-state index in [2.05, 4.69) is 15.9 Å². The molecule has 0 saturated carbocycles. The highest BCUT2D eigenvalue weighted by atomic mass is 79.9. The molecule has 0 atom stereocenters. The number of rotatable bonds is 6. The number of amides is 1. The van der Waals surface area contributed by atoms with Crippen LogP contribution in [-0.4, -0.2) is 39.1 Å². The molecule has 0 aliphatic heterocycles. The Labute approximate surface area is 161 Å². The zero-order valence-corrected chi connectivity index (χ0v) is 17.0. The molecule has 0 bridgehead atoms. The van der Waals surface area contributed by atoms with E-state index in [1.807, 2.05) is 12.1 Å². The molecule has 25 heavy (non-hydrogen) atoms. The molecular formula is C17H18BrClN2O3S. The fraction of sp³-hybridized carbons (Fsp3) is 0.235. The predicted octanol–water partition coefficient (Wildman–Crippen LogP) is 3.53. The lowest BCUT2D eigenvalue weighted by Gasteiger charge is -2.26. The summed E-state index contributed by atoms with van der Waals surface area (Å²) in [5.74, 6) is -0.309. The van der Waals surface area contributed by atoms with Crippen molar-refractivity contribution in [3.05, 3.63) is 63.6 Å². The Morgan fingerprint density at radius 3 is 2.28 bits per heavy atom. The van der Waals surface area contributed by atoms with Crippen molar-refractivity contribution in [3.63, 3.8) is 0 Å². The van der Waals surface area contributed by atoms with E-state index in [1.54, 1.807) is 43.4 Å². The van der Waals surface area contributed by atoms with Gasteiger partial charge in [0.2, 0.25) is 15.9 Å². The maximum Gasteiger partial charge on any atom is 0.243 e. The fourth-order valence-electron chi connectivity index (χ4n) is 2.23. The number of nitrogens with zero attached hydrogens (tertiary/aromatic N) is 2. The minimum atomic E-state index is -3.61. The summed E-state index contributed by atoms with van der Waals surface area (Å²) in [5, 5.41) is 0.620. The summed E-state index contributed by atoms with van der Waals surface area (Å²) in [7, 11) is -1.97. The summed E-state index contributed by atoms with van der Waals surface area (Å²) in [6.07, 6.45) is 1.08. The van der Waals surface area contributed by atoms with E-state index in [0.29, 0.717) is 21.7 Å². The van der Waals surface area contributed by atoms with Crippen molar-refractivity contribution in [1.82, 2.24) is 4.90 Å². The lowest BCUT2D eigenvalue weighted by molar-refractivity contribution is -0.128. The molecule has 2 aromatic rings. The van der Waals surface area contributed by atoms with E-state index in [9.17, 15) is 13.2 Å². The Morgan fingerprint density at radius 1 is 1.12 bits per heavy atom. The normalized spacial score (nSPS) is 11.2. The number of carbonyl (C=O) groups is 1. The topological polar surface area (TPSA) is 57.7 Å². The zero-order valence-electron chi connectivity index (χ0n) is 13.8. The molecule has 0 spiro atoms. The van der Waals surface area contributed by atoms with Crippen LogP contribution in [0.1, 0.15) is 5.56 Å². The monoisotopic (exact) mass is 444 g/mol. The molecule has 0 saturated heterocycles. The number of benzene rings is 2. The number of para-hydroxylation sites is 1. The van der Waals surface area contributed by atoms with E-state index in [0.717, 1.165) is 16.1 Å². The average Bonchev–Trinajstić information content (AvgIpc) is 2.54. The second kappa shape index (κ2) is 8.21. The van der Waals surface area contributed by atoms with Crippen molar-refractivity contribution in [3.8, 4) is 0 Å². The van der Waals surface area contributed by atoms with Gasteiger partial charge in [-0.2, -0.15) is 0 Å². The van der Waals surface area contributed by atoms with Crippen molar-refractivity contribution < 1.29 is 13.2 Å². The molecule has 0 aliphatic rings. The second-order valence-corrected chi connectivity index (χ2v) is 8.79. The van der Waals surface area contributed by atoms with E-state index < -0.39 is 10.0 Å². The van der Waals surface area contributed by atoms with Gasteiger partial charge in [-0.25, -0.2) is 8.42 Å². The van der Waals surface area contributed by atoms with Gasteiger partial charge in [0, 0.05) is 23.1 Å². The Balaban J connectivity index is 2.17. The molecule has 5 nitrogen and oxygen atoms in total. The third-order valence-electron chi connectivity index (χ3n) is 3.56. The minimum Gasteiger partial charge on any atom is -0.340 e. The third kappa shape index (κ3) is 5.45. The van der Waals surface area contributed by atoms with Crippen molar-refractivity contribution in [2.75, 3.05) is 24.2 Å². The number of hydrogen-bond donors (Lipinski definition) is 0. The fourth-order valence-corrected chi connectivity index (χ4v) is 3.83. The number of carbonyl (C=O) groups excluding carboxylic acids is 1. The van der Waals surface area contributed by atoms with Crippen LogP contribution in [0.2, 0.25) is 5.02 Å². The van der Waals surface area contributed by atoms with E-state index in [1.165, 1.54) is 4.90 Å². The van der Waals surface area contributed by atoms with Gasteiger partial charge in [-0.3, -0.25) is 9.10 Å². The van der Waals surface area contributed by atoms with Crippen molar-refractivity contribution in [2.45, 2.75) is 6.54 Å². The zero-order chi connectivity index (χ0) is 18.6. The number of halogens is 2. The molecule has 8 heteroatoms. The number of likely N-dealkylation sites (N-methyl/N-ethyl adjacent to an activating group) is 1. The summed E-state index contributed by atoms with van der Waals surface area (Å²) in [6.45, 7) is 0.0924. The molecule has 2 rings (SSSR count). The first-order chi connectivity index (χ1) is 11.7. The van der Waals surface area contributed by atoms with E-state index in [-0.39, 0.29) is 12.5 Å². The standard InChI is InChI=1S/C17H18BrClN2O3S/c1-20(11-13-7-9-14(19)10-8-13)17(22)12-21(25(2,23)24)16-6-4-3-5-15(16)18/h3-10H,11-12H2,1-2H3. The molecular weight excluding hydrogens is 428 g/mol. The molecule has 0 N–H and O–H groups in total. The van der Waals surface area contributed by atoms with E-state index in [4.69, 9.17) is 11.6 Å². The largest absolute Gasteiger partial charge is 0.340 e. The first kappa shape index (κ1) is 19.8. The molecule has 0 fully saturated rings. The molecule has 1 amide bonds. The van der Waals surface area contributed by atoms with Crippen LogP contribution in [0.4, 0.5) is 5.69 Å². The number of hydrogen-bond acceptors (Lipinski definition) is 3. The summed E-state index contributed by atoms with van der Waals surface area (Å²) in [4.78, 5) is 14.0. The minimum absolute atomic E-state index is 0.272. The van der Waals surface area contributed by atoms with E-state index >= 15 is 0 Å². The Morgan fingerprint density at radius 2 is 1.72 bits per heavy atom. The summed E-state index contributed by atoms with van der Waals surface area (Å²) in [6, 6.07) is 14.0. The molecule has 2 aromatic carbocycles. The first-order valence-corrected chi connectivity index (χ1v) is 10.4.